The smallest absolute Gasteiger partial charge is 0.263 e. The lowest BCUT2D eigenvalue weighted by Gasteiger charge is -2.11. The third-order valence-electron chi connectivity index (χ3n) is 5.01. The molecule has 0 saturated heterocycles. The van der Waals surface area contributed by atoms with E-state index < -0.39 is 0 Å². The first kappa shape index (κ1) is 21.8. The summed E-state index contributed by atoms with van der Waals surface area (Å²) in [5.74, 6) is 1.51. The lowest BCUT2D eigenvalue weighted by atomic mass is 10.0. The van der Waals surface area contributed by atoms with Gasteiger partial charge in [0.25, 0.3) is 5.91 Å². The van der Waals surface area contributed by atoms with Crippen LogP contribution in [0.4, 0.5) is 0 Å². The largest absolute Gasteiger partial charge is 0.356 e. The van der Waals surface area contributed by atoms with Gasteiger partial charge in [-0.25, -0.2) is 15.0 Å². The Balaban J connectivity index is 1.57. The molecular formula is C24H25N5O2S. The Hall–Kier alpha value is -3.39. The normalized spacial score (nSPS) is 11.2. The summed E-state index contributed by atoms with van der Waals surface area (Å²) in [6.07, 6.45) is 1.80. The maximum absolute atomic E-state index is 12.5. The molecule has 0 unspecified atom stereocenters. The molecule has 0 saturated carbocycles. The fourth-order valence-corrected chi connectivity index (χ4v) is 4.19. The van der Waals surface area contributed by atoms with Crippen molar-refractivity contribution < 1.29 is 9.32 Å². The van der Waals surface area contributed by atoms with Crippen LogP contribution in [0, 0.1) is 20.8 Å². The van der Waals surface area contributed by atoms with E-state index in [1.165, 1.54) is 11.3 Å². The summed E-state index contributed by atoms with van der Waals surface area (Å²) in [6, 6.07) is 9.87. The fraction of sp³-hybridized carbons (Fsp3) is 0.292. The minimum atomic E-state index is -0.0995. The molecule has 0 spiro atoms. The molecule has 3 aromatic heterocycles. The van der Waals surface area contributed by atoms with Crippen LogP contribution >= 0.6 is 11.3 Å². The second-order valence-electron chi connectivity index (χ2n) is 8.00. The molecule has 32 heavy (non-hydrogen) atoms. The van der Waals surface area contributed by atoms with Crippen LogP contribution < -0.4 is 5.32 Å². The zero-order chi connectivity index (χ0) is 22.8. The van der Waals surface area contributed by atoms with Gasteiger partial charge in [0, 0.05) is 30.3 Å². The number of benzene rings is 1. The molecule has 0 radical (unpaired) electrons. The van der Waals surface area contributed by atoms with E-state index in [0.717, 1.165) is 44.6 Å². The predicted octanol–water partition coefficient (Wildman–Crippen LogP) is 5.23. The van der Waals surface area contributed by atoms with Crippen molar-refractivity contribution in [3.8, 4) is 22.6 Å². The van der Waals surface area contributed by atoms with Gasteiger partial charge in [0.15, 0.2) is 5.76 Å². The van der Waals surface area contributed by atoms with Gasteiger partial charge >= 0.3 is 0 Å². The maximum atomic E-state index is 12.5. The Bertz CT molecular complexity index is 1260. The molecule has 0 fully saturated rings. The molecule has 0 aliphatic heterocycles. The molecule has 0 atom stereocenters. The molecule has 1 aromatic carbocycles. The predicted molar refractivity (Wildman–Crippen MR) is 125 cm³/mol. The first-order valence-electron chi connectivity index (χ1n) is 10.4. The van der Waals surface area contributed by atoms with Crippen LogP contribution in [0.15, 0.2) is 41.1 Å². The van der Waals surface area contributed by atoms with Gasteiger partial charge in [-0.05, 0) is 26.3 Å². The minimum absolute atomic E-state index is 0.0995. The highest BCUT2D eigenvalue weighted by Crippen LogP contribution is 2.31. The zero-order valence-electron chi connectivity index (χ0n) is 18.8. The monoisotopic (exact) mass is 447 g/mol. The number of hydrogen-bond acceptors (Lipinski definition) is 7. The summed E-state index contributed by atoms with van der Waals surface area (Å²) in [5, 5.41) is 7.86. The Labute approximate surface area is 190 Å². The van der Waals surface area contributed by atoms with E-state index in [1.54, 1.807) is 6.20 Å². The van der Waals surface area contributed by atoms with Crippen molar-refractivity contribution in [1.82, 2.24) is 25.4 Å². The van der Waals surface area contributed by atoms with Gasteiger partial charge in [0.1, 0.15) is 10.7 Å². The van der Waals surface area contributed by atoms with Crippen LogP contribution in [0.3, 0.4) is 0 Å². The van der Waals surface area contributed by atoms with Gasteiger partial charge in [-0.3, -0.25) is 4.79 Å². The van der Waals surface area contributed by atoms with Crippen molar-refractivity contribution in [2.75, 3.05) is 0 Å². The standard InChI is InChI=1S/C24H25N5O2S/c1-13(2)23-25-12-19(20-10-14(3)29-31-20)21(28-23)18-8-6-17(7-9-18)11-26-24(30)22-15(4)27-16(5)32-22/h6-10,12-13H,11H2,1-5H3,(H,26,30). The number of rotatable bonds is 6. The number of carbonyl (C=O) groups excluding carboxylic acids is 1. The minimum Gasteiger partial charge on any atom is -0.356 e. The second kappa shape index (κ2) is 9.00. The van der Waals surface area contributed by atoms with Gasteiger partial charge < -0.3 is 9.84 Å². The number of amides is 1. The van der Waals surface area contributed by atoms with Crippen LogP contribution in [-0.2, 0) is 6.54 Å². The molecule has 7 nitrogen and oxygen atoms in total. The van der Waals surface area contributed by atoms with E-state index in [1.807, 2.05) is 51.1 Å². The van der Waals surface area contributed by atoms with E-state index in [9.17, 15) is 4.79 Å². The van der Waals surface area contributed by atoms with Crippen LogP contribution in [0.1, 0.15) is 57.2 Å². The molecule has 4 aromatic rings. The van der Waals surface area contributed by atoms with Crippen molar-refractivity contribution in [3.63, 3.8) is 0 Å². The summed E-state index contributed by atoms with van der Waals surface area (Å²) in [6.45, 7) is 10.2. The van der Waals surface area contributed by atoms with Crippen molar-refractivity contribution in [1.29, 1.82) is 0 Å². The van der Waals surface area contributed by atoms with Gasteiger partial charge in [-0.2, -0.15) is 0 Å². The van der Waals surface area contributed by atoms with E-state index in [0.29, 0.717) is 17.2 Å². The molecule has 0 aliphatic rings. The highest BCUT2D eigenvalue weighted by Gasteiger charge is 2.17. The van der Waals surface area contributed by atoms with Gasteiger partial charge in [0.2, 0.25) is 0 Å². The Morgan fingerprint density at radius 2 is 1.88 bits per heavy atom. The lowest BCUT2D eigenvalue weighted by Crippen LogP contribution is -2.22. The molecule has 1 amide bonds. The van der Waals surface area contributed by atoms with Gasteiger partial charge in [0.05, 0.1) is 27.7 Å². The van der Waals surface area contributed by atoms with Crippen LogP contribution in [0.2, 0.25) is 0 Å². The molecular weight excluding hydrogens is 422 g/mol. The third kappa shape index (κ3) is 4.60. The van der Waals surface area contributed by atoms with Crippen LogP contribution in [-0.4, -0.2) is 26.0 Å². The number of hydrogen-bond donors (Lipinski definition) is 1. The summed E-state index contributed by atoms with van der Waals surface area (Å²) in [4.78, 5) is 26.8. The topological polar surface area (TPSA) is 93.8 Å². The van der Waals surface area contributed by atoms with E-state index in [4.69, 9.17) is 9.51 Å². The Kier molecular flexibility index (Phi) is 6.14. The van der Waals surface area contributed by atoms with E-state index >= 15 is 0 Å². The van der Waals surface area contributed by atoms with E-state index in [2.05, 4.69) is 34.3 Å². The molecule has 8 heteroatoms. The molecule has 1 N–H and O–H groups in total. The molecule has 3 heterocycles. The number of nitrogens with one attached hydrogen (secondary N) is 1. The molecule has 0 bridgehead atoms. The van der Waals surface area contributed by atoms with Crippen LogP contribution in [0.5, 0.6) is 0 Å². The van der Waals surface area contributed by atoms with Crippen molar-refractivity contribution in [3.05, 3.63) is 69.2 Å². The SMILES string of the molecule is Cc1cc(-c2cnc(C(C)C)nc2-c2ccc(CNC(=O)c3sc(C)nc3C)cc2)on1. The molecule has 4 rings (SSSR count). The summed E-state index contributed by atoms with van der Waals surface area (Å²) >= 11 is 1.41. The van der Waals surface area contributed by atoms with Gasteiger partial charge in [-0.15, -0.1) is 11.3 Å². The number of aromatic nitrogens is 4. The Morgan fingerprint density at radius 3 is 2.47 bits per heavy atom. The lowest BCUT2D eigenvalue weighted by molar-refractivity contribution is 0.0954. The average Bonchev–Trinajstić information content (AvgIpc) is 3.36. The molecule has 0 aliphatic carbocycles. The molecule has 164 valence electrons. The number of carbonyl (C=O) groups is 1. The summed E-state index contributed by atoms with van der Waals surface area (Å²) in [7, 11) is 0. The maximum Gasteiger partial charge on any atom is 0.263 e. The first-order chi connectivity index (χ1) is 15.3. The second-order valence-corrected chi connectivity index (χ2v) is 9.21. The highest BCUT2D eigenvalue weighted by atomic mass is 32.1. The average molecular weight is 448 g/mol. The third-order valence-corrected chi connectivity index (χ3v) is 6.08. The van der Waals surface area contributed by atoms with E-state index in [-0.39, 0.29) is 11.8 Å². The highest BCUT2D eigenvalue weighted by molar-refractivity contribution is 7.13. The fourth-order valence-electron chi connectivity index (χ4n) is 3.35. The quantitative estimate of drug-likeness (QED) is 0.435. The van der Waals surface area contributed by atoms with Crippen molar-refractivity contribution >= 4 is 17.2 Å². The number of nitrogens with zero attached hydrogens (tertiary/aromatic N) is 4. The number of thiazole rings is 1. The van der Waals surface area contributed by atoms with Crippen molar-refractivity contribution in [2.24, 2.45) is 0 Å². The van der Waals surface area contributed by atoms with Crippen molar-refractivity contribution in [2.45, 2.75) is 47.1 Å². The number of aryl methyl sites for hydroxylation is 3. The first-order valence-corrected chi connectivity index (χ1v) is 11.3. The van der Waals surface area contributed by atoms with Gasteiger partial charge in [-0.1, -0.05) is 43.3 Å². The zero-order valence-corrected chi connectivity index (χ0v) is 19.6. The Morgan fingerprint density at radius 1 is 1.12 bits per heavy atom. The summed E-state index contributed by atoms with van der Waals surface area (Å²) < 4.78 is 5.47. The van der Waals surface area contributed by atoms with Crippen LogP contribution in [0.25, 0.3) is 22.6 Å². The summed E-state index contributed by atoms with van der Waals surface area (Å²) in [5.41, 5.74) is 5.11.